The van der Waals surface area contributed by atoms with E-state index in [0.717, 1.165) is 5.01 Å². The van der Waals surface area contributed by atoms with Crippen molar-refractivity contribution >= 4 is 22.4 Å². The van der Waals surface area contributed by atoms with Crippen molar-refractivity contribution in [1.82, 2.24) is 35.7 Å². The molecule has 118 valence electrons. The predicted octanol–water partition coefficient (Wildman–Crippen LogP) is -0.226. The molecule has 0 bridgehead atoms. The average Bonchev–Trinajstić information content (AvgIpc) is 3.19. The SMILES string of the molecule is Nc1nnc(CCNC(=O)c2cc(-n3cnnn3)ccc2O)s1. The number of anilines is 1. The van der Waals surface area contributed by atoms with Crippen LogP contribution in [-0.4, -0.2) is 48.0 Å². The Hall–Kier alpha value is -3.08. The Morgan fingerprint density at radius 1 is 1.39 bits per heavy atom. The highest BCUT2D eigenvalue weighted by Gasteiger charge is 2.13. The van der Waals surface area contributed by atoms with Crippen molar-refractivity contribution in [3.63, 3.8) is 0 Å². The summed E-state index contributed by atoms with van der Waals surface area (Å²) in [5, 5.41) is 32.1. The van der Waals surface area contributed by atoms with Gasteiger partial charge in [0.1, 0.15) is 17.1 Å². The Balaban J connectivity index is 1.68. The number of nitrogens with one attached hydrogen (secondary N) is 1. The fourth-order valence-corrected chi connectivity index (χ4v) is 2.48. The van der Waals surface area contributed by atoms with Crippen LogP contribution in [0.15, 0.2) is 24.5 Å². The first-order valence-electron chi connectivity index (χ1n) is 6.56. The van der Waals surface area contributed by atoms with Crippen LogP contribution in [0.25, 0.3) is 5.69 Å². The van der Waals surface area contributed by atoms with Gasteiger partial charge in [-0.2, -0.15) is 0 Å². The number of carbonyl (C=O) groups is 1. The Kier molecular flexibility index (Phi) is 4.10. The number of rotatable bonds is 5. The van der Waals surface area contributed by atoms with Crippen molar-refractivity contribution in [3.05, 3.63) is 35.1 Å². The summed E-state index contributed by atoms with van der Waals surface area (Å²) in [4.78, 5) is 12.2. The zero-order valence-electron chi connectivity index (χ0n) is 11.7. The van der Waals surface area contributed by atoms with Crippen LogP contribution in [0.2, 0.25) is 0 Å². The van der Waals surface area contributed by atoms with Gasteiger partial charge in [0, 0.05) is 13.0 Å². The third-order valence-corrected chi connectivity index (χ3v) is 3.76. The second-order valence-corrected chi connectivity index (χ2v) is 5.59. The molecule has 1 amide bonds. The summed E-state index contributed by atoms with van der Waals surface area (Å²) in [5.74, 6) is -0.533. The Labute approximate surface area is 134 Å². The number of hydrogen-bond acceptors (Lipinski definition) is 9. The molecule has 0 spiro atoms. The van der Waals surface area contributed by atoms with Crippen LogP contribution >= 0.6 is 11.3 Å². The quantitative estimate of drug-likeness (QED) is 0.581. The van der Waals surface area contributed by atoms with Crippen LogP contribution in [0.3, 0.4) is 0 Å². The third kappa shape index (κ3) is 3.40. The maximum Gasteiger partial charge on any atom is 0.255 e. The summed E-state index contributed by atoms with van der Waals surface area (Å²) in [5.41, 5.74) is 6.19. The monoisotopic (exact) mass is 332 g/mol. The molecular formula is C12H12N8O2S. The van der Waals surface area contributed by atoms with Crippen LogP contribution in [0.4, 0.5) is 5.13 Å². The first kappa shape index (κ1) is 14.8. The summed E-state index contributed by atoms with van der Waals surface area (Å²) in [6.07, 6.45) is 1.90. The van der Waals surface area contributed by atoms with Crippen LogP contribution in [0.1, 0.15) is 15.4 Å². The van der Waals surface area contributed by atoms with Gasteiger partial charge in [-0.05, 0) is 28.6 Å². The Morgan fingerprint density at radius 3 is 2.96 bits per heavy atom. The number of benzene rings is 1. The van der Waals surface area contributed by atoms with E-state index in [4.69, 9.17) is 5.73 Å². The lowest BCUT2D eigenvalue weighted by atomic mass is 10.1. The number of tetrazole rings is 1. The van der Waals surface area contributed by atoms with Gasteiger partial charge in [-0.1, -0.05) is 11.3 Å². The lowest BCUT2D eigenvalue weighted by Crippen LogP contribution is -2.26. The largest absolute Gasteiger partial charge is 0.507 e. The number of aromatic hydroxyl groups is 1. The van der Waals surface area contributed by atoms with Gasteiger partial charge < -0.3 is 16.2 Å². The van der Waals surface area contributed by atoms with Crippen LogP contribution in [-0.2, 0) is 6.42 Å². The minimum Gasteiger partial charge on any atom is -0.507 e. The summed E-state index contributed by atoms with van der Waals surface area (Å²) >= 11 is 1.27. The van der Waals surface area contributed by atoms with Gasteiger partial charge in [0.05, 0.1) is 11.3 Å². The normalized spacial score (nSPS) is 10.6. The minimum absolute atomic E-state index is 0.125. The number of aromatic nitrogens is 6. The number of phenolic OH excluding ortho intramolecular Hbond substituents is 1. The third-order valence-electron chi connectivity index (χ3n) is 2.95. The molecule has 2 heterocycles. The number of hydrogen-bond donors (Lipinski definition) is 3. The maximum atomic E-state index is 12.2. The Bertz CT molecular complexity index is 816. The van der Waals surface area contributed by atoms with E-state index in [1.54, 1.807) is 6.07 Å². The van der Waals surface area contributed by atoms with Crippen LogP contribution < -0.4 is 11.1 Å². The fraction of sp³-hybridized carbons (Fsp3) is 0.167. The molecule has 23 heavy (non-hydrogen) atoms. The summed E-state index contributed by atoms with van der Waals surface area (Å²) < 4.78 is 1.39. The van der Waals surface area contributed by atoms with E-state index in [9.17, 15) is 9.90 Å². The van der Waals surface area contributed by atoms with Gasteiger partial charge in [-0.25, -0.2) is 4.68 Å². The first-order chi connectivity index (χ1) is 11.1. The van der Waals surface area contributed by atoms with Crippen molar-refractivity contribution in [2.24, 2.45) is 0 Å². The minimum atomic E-state index is -0.407. The average molecular weight is 332 g/mol. The predicted molar refractivity (Wildman–Crippen MR) is 81.2 cm³/mol. The smallest absolute Gasteiger partial charge is 0.255 e. The molecule has 3 aromatic rings. The topological polar surface area (TPSA) is 145 Å². The van der Waals surface area contributed by atoms with Crippen LogP contribution in [0, 0.1) is 0 Å². The molecule has 2 aromatic heterocycles. The number of nitrogens with zero attached hydrogens (tertiary/aromatic N) is 6. The number of carbonyl (C=O) groups excluding carboxylic acids is 1. The highest BCUT2D eigenvalue weighted by Crippen LogP contribution is 2.20. The number of amides is 1. The molecule has 4 N–H and O–H groups in total. The van der Waals surface area contributed by atoms with Gasteiger partial charge in [-0.15, -0.1) is 15.3 Å². The van der Waals surface area contributed by atoms with E-state index in [1.807, 2.05) is 0 Å². The van der Waals surface area contributed by atoms with Crippen molar-refractivity contribution in [2.45, 2.75) is 6.42 Å². The van der Waals surface area contributed by atoms with Gasteiger partial charge in [-0.3, -0.25) is 4.79 Å². The molecule has 1 aromatic carbocycles. The van der Waals surface area contributed by atoms with E-state index >= 15 is 0 Å². The van der Waals surface area contributed by atoms with E-state index < -0.39 is 5.91 Å². The van der Waals surface area contributed by atoms with E-state index in [1.165, 1.54) is 34.5 Å². The summed E-state index contributed by atoms with van der Waals surface area (Å²) in [6, 6.07) is 4.52. The molecule has 0 saturated heterocycles. The molecule has 0 aliphatic rings. The molecule has 0 saturated carbocycles. The molecule has 0 aliphatic carbocycles. The van der Waals surface area contributed by atoms with Crippen molar-refractivity contribution in [3.8, 4) is 11.4 Å². The zero-order chi connectivity index (χ0) is 16.2. The van der Waals surface area contributed by atoms with E-state index in [0.29, 0.717) is 23.8 Å². The molecule has 0 aliphatic heterocycles. The van der Waals surface area contributed by atoms with Crippen molar-refractivity contribution in [1.29, 1.82) is 0 Å². The van der Waals surface area contributed by atoms with Crippen molar-refractivity contribution < 1.29 is 9.90 Å². The fourth-order valence-electron chi connectivity index (χ4n) is 1.87. The van der Waals surface area contributed by atoms with Gasteiger partial charge >= 0.3 is 0 Å². The van der Waals surface area contributed by atoms with Crippen molar-refractivity contribution in [2.75, 3.05) is 12.3 Å². The van der Waals surface area contributed by atoms with E-state index in [-0.39, 0.29) is 11.3 Å². The molecular weight excluding hydrogens is 320 g/mol. The summed E-state index contributed by atoms with van der Waals surface area (Å²) in [7, 11) is 0. The van der Waals surface area contributed by atoms with Crippen LogP contribution in [0.5, 0.6) is 5.75 Å². The highest BCUT2D eigenvalue weighted by molar-refractivity contribution is 7.15. The molecule has 3 rings (SSSR count). The molecule has 0 fully saturated rings. The standard InChI is InChI=1S/C12H12N8O2S/c13-12-17-16-10(23-12)3-4-14-11(22)8-5-7(1-2-9(8)21)20-6-15-18-19-20/h1-2,5-6,21H,3-4H2,(H2,13,17)(H,14,22). The van der Waals surface area contributed by atoms with E-state index in [2.05, 4.69) is 31.0 Å². The van der Waals surface area contributed by atoms with Gasteiger partial charge in [0.2, 0.25) is 5.13 Å². The van der Waals surface area contributed by atoms with Gasteiger partial charge in [0.25, 0.3) is 5.91 Å². The second kappa shape index (κ2) is 6.36. The Morgan fingerprint density at radius 2 is 2.26 bits per heavy atom. The lowest BCUT2D eigenvalue weighted by Gasteiger charge is -2.08. The van der Waals surface area contributed by atoms with Gasteiger partial charge in [0.15, 0.2) is 0 Å². The molecule has 0 atom stereocenters. The summed E-state index contributed by atoms with van der Waals surface area (Å²) in [6.45, 7) is 0.349. The lowest BCUT2D eigenvalue weighted by molar-refractivity contribution is 0.0951. The molecule has 0 unspecified atom stereocenters. The molecule has 11 heteroatoms. The second-order valence-electron chi connectivity index (χ2n) is 4.50. The first-order valence-corrected chi connectivity index (χ1v) is 7.37. The number of nitrogens with two attached hydrogens (primary N) is 1. The maximum absolute atomic E-state index is 12.2. The molecule has 10 nitrogen and oxygen atoms in total. The zero-order valence-corrected chi connectivity index (χ0v) is 12.6. The molecule has 0 radical (unpaired) electrons. The highest BCUT2D eigenvalue weighted by atomic mass is 32.1. The number of phenols is 1. The number of nitrogen functional groups attached to an aromatic ring is 1.